The first-order chi connectivity index (χ1) is 14.9. The maximum atomic E-state index is 12.4. The first kappa shape index (κ1) is 22.4. The Balaban J connectivity index is 1.71. The van der Waals surface area contributed by atoms with Crippen LogP contribution in [0.25, 0.3) is 11.0 Å². The van der Waals surface area contributed by atoms with Gasteiger partial charge in [-0.1, -0.05) is 17.8 Å². The standard InChI is InChI=1S/C19H23N7O4S/c1-12-4-5-13(10-15(12)26(28)29)18(27)21-6-8-25-17-14(11-22-25)16(20-7-9-30-2)23-19(24-17)31-3/h4-5,10-11H,6-9H2,1-3H3,(H,21,27)(H,20,23,24). The van der Waals surface area contributed by atoms with Gasteiger partial charge in [-0.15, -0.1) is 0 Å². The molecule has 0 atom stereocenters. The van der Waals surface area contributed by atoms with Crippen molar-refractivity contribution in [3.05, 3.63) is 45.6 Å². The van der Waals surface area contributed by atoms with Gasteiger partial charge in [0.05, 0.1) is 29.7 Å². The summed E-state index contributed by atoms with van der Waals surface area (Å²) in [5, 5.41) is 22.8. The van der Waals surface area contributed by atoms with Gasteiger partial charge in [0.1, 0.15) is 5.82 Å². The number of hydrogen-bond donors (Lipinski definition) is 2. The largest absolute Gasteiger partial charge is 0.383 e. The molecule has 0 unspecified atom stereocenters. The van der Waals surface area contributed by atoms with Crippen LogP contribution < -0.4 is 10.6 Å². The van der Waals surface area contributed by atoms with Crippen molar-refractivity contribution in [3.63, 3.8) is 0 Å². The molecule has 2 heterocycles. The number of methoxy groups -OCH3 is 1. The Morgan fingerprint density at radius 3 is 2.84 bits per heavy atom. The molecule has 0 aliphatic rings. The number of fused-ring (bicyclic) bond motifs is 1. The fourth-order valence-electron chi connectivity index (χ4n) is 2.92. The molecule has 3 rings (SSSR count). The number of hydrogen-bond acceptors (Lipinski definition) is 9. The summed E-state index contributed by atoms with van der Waals surface area (Å²) < 4.78 is 6.76. The summed E-state index contributed by atoms with van der Waals surface area (Å²) in [5.74, 6) is 0.287. The van der Waals surface area contributed by atoms with Crippen LogP contribution in [-0.2, 0) is 11.3 Å². The van der Waals surface area contributed by atoms with Crippen LogP contribution in [0.5, 0.6) is 0 Å². The van der Waals surface area contributed by atoms with Crippen LogP contribution in [0.4, 0.5) is 11.5 Å². The van der Waals surface area contributed by atoms with E-state index in [0.29, 0.717) is 41.9 Å². The Morgan fingerprint density at radius 2 is 2.13 bits per heavy atom. The number of amides is 1. The van der Waals surface area contributed by atoms with E-state index >= 15 is 0 Å². The number of nitro benzene ring substituents is 1. The van der Waals surface area contributed by atoms with E-state index in [4.69, 9.17) is 4.74 Å². The number of anilines is 1. The minimum absolute atomic E-state index is 0.0829. The Hall–Kier alpha value is -3.25. The van der Waals surface area contributed by atoms with E-state index in [1.54, 1.807) is 37.0 Å². The van der Waals surface area contributed by atoms with Gasteiger partial charge in [-0.3, -0.25) is 14.9 Å². The van der Waals surface area contributed by atoms with Crippen molar-refractivity contribution in [3.8, 4) is 0 Å². The number of carbonyl (C=O) groups is 1. The molecule has 0 bridgehead atoms. The fraction of sp³-hybridized carbons (Fsp3) is 0.368. The molecule has 3 aromatic rings. The minimum atomic E-state index is -0.497. The van der Waals surface area contributed by atoms with E-state index in [-0.39, 0.29) is 23.7 Å². The van der Waals surface area contributed by atoms with Gasteiger partial charge in [-0.2, -0.15) is 5.10 Å². The Labute approximate surface area is 182 Å². The highest BCUT2D eigenvalue weighted by molar-refractivity contribution is 7.98. The molecule has 0 saturated heterocycles. The second kappa shape index (κ2) is 10.2. The molecular formula is C19H23N7O4S. The van der Waals surface area contributed by atoms with Crippen LogP contribution in [-0.4, -0.2) is 63.6 Å². The van der Waals surface area contributed by atoms with Gasteiger partial charge in [0.25, 0.3) is 11.6 Å². The summed E-state index contributed by atoms with van der Waals surface area (Å²) in [6.07, 6.45) is 3.57. The lowest BCUT2D eigenvalue weighted by Gasteiger charge is -2.09. The van der Waals surface area contributed by atoms with Crippen molar-refractivity contribution in [1.82, 2.24) is 25.1 Å². The van der Waals surface area contributed by atoms with Crippen molar-refractivity contribution in [1.29, 1.82) is 0 Å². The average Bonchev–Trinajstić information content (AvgIpc) is 3.16. The van der Waals surface area contributed by atoms with Gasteiger partial charge in [-0.25, -0.2) is 14.6 Å². The number of nitro groups is 1. The number of rotatable bonds is 10. The van der Waals surface area contributed by atoms with Gasteiger partial charge in [-0.05, 0) is 19.2 Å². The molecule has 0 radical (unpaired) electrons. The number of nitrogens with zero attached hydrogens (tertiary/aromatic N) is 5. The third-order valence-electron chi connectivity index (χ3n) is 4.53. The molecule has 164 valence electrons. The second-order valence-corrected chi connectivity index (χ2v) is 7.37. The molecule has 0 aliphatic carbocycles. The van der Waals surface area contributed by atoms with E-state index in [0.717, 1.165) is 5.39 Å². The van der Waals surface area contributed by atoms with Crippen LogP contribution in [0.15, 0.2) is 29.6 Å². The molecule has 2 aromatic heterocycles. The summed E-state index contributed by atoms with van der Waals surface area (Å²) in [6, 6.07) is 4.41. The lowest BCUT2D eigenvalue weighted by atomic mass is 10.1. The lowest BCUT2D eigenvalue weighted by molar-refractivity contribution is -0.385. The highest BCUT2D eigenvalue weighted by Crippen LogP contribution is 2.23. The topological polar surface area (TPSA) is 137 Å². The molecule has 1 aromatic carbocycles. The monoisotopic (exact) mass is 445 g/mol. The van der Waals surface area contributed by atoms with Crippen LogP contribution >= 0.6 is 11.8 Å². The Kier molecular flexibility index (Phi) is 7.36. The predicted molar refractivity (Wildman–Crippen MR) is 118 cm³/mol. The van der Waals surface area contributed by atoms with Crippen LogP contribution in [0, 0.1) is 17.0 Å². The normalized spacial score (nSPS) is 10.9. The summed E-state index contributed by atoms with van der Waals surface area (Å²) in [6.45, 7) is 3.43. The van der Waals surface area contributed by atoms with Crippen LogP contribution in [0.1, 0.15) is 15.9 Å². The van der Waals surface area contributed by atoms with E-state index in [1.165, 1.54) is 17.8 Å². The van der Waals surface area contributed by atoms with Crippen molar-refractivity contribution in [2.45, 2.75) is 18.6 Å². The van der Waals surface area contributed by atoms with Gasteiger partial charge < -0.3 is 15.4 Å². The van der Waals surface area contributed by atoms with E-state index < -0.39 is 4.92 Å². The first-order valence-corrected chi connectivity index (χ1v) is 10.7. The van der Waals surface area contributed by atoms with Crippen molar-refractivity contribution >= 4 is 40.2 Å². The molecule has 0 fully saturated rings. The zero-order valence-electron chi connectivity index (χ0n) is 17.4. The Morgan fingerprint density at radius 1 is 1.32 bits per heavy atom. The fourth-order valence-corrected chi connectivity index (χ4v) is 3.28. The molecule has 11 nitrogen and oxygen atoms in total. The van der Waals surface area contributed by atoms with Gasteiger partial charge in [0, 0.05) is 37.4 Å². The quantitative estimate of drug-likeness (QED) is 0.158. The van der Waals surface area contributed by atoms with Crippen molar-refractivity contribution in [2.24, 2.45) is 0 Å². The summed E-state index contributed by atoms with van der Waals surface area (Å²) in [4.78, 5) is 32.0. The predicted octanol–water partition coefficient (Wildman–Crippen LogP) is 2.25. The highest BCUT2D eigenvalue weighted by atomic mass is 32.2. The van der Waals surface area contributed by atoms with Gasteiger partial charge in [0.15, 0.2) is 10.8 Å². The molecule has 31 heavy (non-hydrogen) atoms. The maximum Gasteiger partial charge on any atom is 0.273 e. The number of benzene rings is 1. The summed E-state index contributed by atoms with van der Waals surface area (Å²) in [7, 11) is 1.63. The molecule has 0 aliphatic heterocycles. The molecular weight excluding hydrogens is 422 g/mol. The van der Waals surface area contributed by atoms with Crippen LogP contribution in [0.3, 0.4) is 0 Å². The molecule has 0 spiro atoms. The number of carbonyl (C=O) groups excluding carboxylic acids is 1. The van der Waals surface area contributed by atoms with E-state index in [1.807, 2.05) is 6.26 Å². The number of aromatic nitrogens is 4. The van der Waals surface area contributed by atoms with Gasteiger partial charge >= 0.3 is 0 Å². The van der Waals surface area contributed by atoms with Crippen molar-refractivity contribution < 1.29 is 14.5 Å². The summed E-state index contributed by atoms with van der Waals surface area (Å²) in [5.41, 5.74) is 1.31. The van der Waals surface area contributed by atoms with E-state index in [2.05, 4.69) is 25.7 Å². The SMILES string of the molecule is COCCNc1nc(SC)nc2c1cnn2CCNC(=O)c1ccc(C)c([N+](=O)[O-])c1. The zero-order valence-corrected chi connectivity index (χ0v) is 18.2. The number of aryl methyl sites for hydroxylation is 1. The third kappa shape index (κ3) is 5.27. The number of thioether (sulfide) groups is 1. The lowest BCUT2D eigenvalue weighted by Crippen LogP contribution is -2.27. The number of nitrogens with one attached hydrogen (secondary N) is 2. The zero-order chi connectivity index (χ0) is 22.4. The highest BCUT2D eigenvalue weighted by Gasteiger charge is 2.16. The minimum Gasteiger partial charge on any atom is -0.383 e. The third-order valence-corrected chi connectivity index (χ3v) is 5.08. The summed E-state index contributed by atoms with van der Waals surface area (Å²) >= 11 is 1.42. The first-order valence-electron chi connectivity index (χ1n) is 9.48. The average molecular weight is 446 g/mol. The molecule has 2 N–H and O–H groups in total. The molecule has 12 heteroatoms. The Bertz CT molecular complexity index is 1100. The second-order valence-electron chi connectivity index (χ2n) is 6.60. The number of ether oxygens (including phenoxy) is 1. The smallest absolute Gasteiger partial charge is 0.273 e. The maximum absolute atomic E-state index is 12.4. The van der Waals surface area contributed by atoms with Crippen molar-refractivity contribution in [2.75, 3.05) is 38.4 Å². The van der Waals surface area contributed by atoms with Gasteiger partial charge in [0.2, 0.25) is 0 Å². The van der Waals surface area contributed by atoms with Crippen LogP contribution in [0.2, 0.25) is 0 Å². The molecule has 0 saturated carbocycles. The molecule has 1 amide bonds. The van der Waals surface area contributed by atoms with E-state index in [9.17, 15) is 14.9 Å².